The predicted molar refractivity (Wildman–Crippen MR) is 84.3 cm³/mol. The Bertz CT molecular complexity index is 540. The van der Waals surface area contributed by atoms with Gasteiger partial charge in [0.05, 0.1) is 0 Å². The van der Waals surface area contributed by atoms with Crippen LogP contribution in [0, 0.1) is 12.3 Å². The van der Waals surface area contributed by atoms with E-state index in [9.17, 15) is 0 Å². The van der Waals surface area contributed by atoms with Crippen LogP contribution in [-0.2, 0) is 5.41 Å². The maximum Gasteiger partial charge on any atom is 0.0185 e. The second-order valence-electron chi connectivity index (χ2n) is 6.49. The molecule has 0 bridgehead atoms. The second-order valence-corrected chi connectivity index (χ2v) is 6.49. The summed E-state index contributed by atoms with van der Waals surface area (Å²) in [7, 11) is 0. The van der Waals surface area contributed by atoms with Gasteiger partial charge >= 0.3 is 0 Å². The number of rotatable bonds is 3. The normalized spacial score (nSPS) is 25.5. The first-order valence-electron chi connectivity index (χ1n) is 6.92. The summed E-state index contributed by atoms with van der Waals surface area (Å²) in [5, 5.41) is 0. The number of aryl methyl sites for hydroxylation is 1. The fourth-order valence-corrected chi connectivity index (χ4v) is 3.64. The monoisotopic (exact) mass is 252 g/mol. The average Bonchev–Trinajstić information content (AvgIpc) is 2.55. The van der Waals surface area contributed by atoms with Gasteiger partial charge in [-0.1, -0.05) is 75.9 Å². The third kappa shape index (κ3) is 2.10. The van der Waals surface area contributed by atoms with Gasteiger partial charge in [-0.2, -0.15) is 0 Å². The van der Waals surface area contributed by atoms with Gasteiger partial charge in [-0.15, -0.1) is 0 Å². The molecule has 100 valence electrons. The van der Waals surface area contributed by atoms with Crippen molar-refractivity contribution in [3.8, 4) is 0 Å². The summed E-state index contributed by atoms with van der Waals surface area (Å²) in [5.74, 6) is 0. The molecule has 1 aliphatic rings. The van der Waals surface area contributed by atoms with Gasteiger partial charge in [-0.25, -0.2) is 0 Å². The van der Waals surface area contributed by atoms with E-state index in [1.807, 2.05) is 12.2 Å². The van der Waals surface area contributed by atoms with Crippen LogP contribution in [0.2, 0.25) is 0 Å². The van der Waals surface area contributed by atoms with Crippen molar-refractivity contribution in [3.63, 3.8) is 0 Å². The molecule has 0 fully saturated rings. The van der Waals surface area contributed by atoms with Crippen molar-refractivity contribution in [2.75, 3.05) is 0 Å². The van der Waals surface area contributed by atoms with E-state index >= 15 is 0 Å². The molecular weight excluding hydrogens is 228 g/mol. The molecule has 0 radical (unpaired) electrons. The summed E-state index contributed by atoms with van der Waals surface area (Å²) < 4.78 is 0. The molecule has 1 unspecified atom stereocenters. The summed E-state index contributed by atoms with van der Waals surface area (Å²) in [6.07, 6.45) is 5.13. The zero-order valence-electron chi connectivity index (χ0n) is 12.6. The fraction of sp³-hybridized carbons (Fsp3) is 0.368. The van der Waals surface area contributed by atoms with Gasteiger partial charge in [0.15, 0.2) is 0 Å². The number of allylic oxidation sites excluding steroid dienone is 4. The molecule has 2 rings (SSSR count). The molecular formula is C19H24. The van der Waals surface area contributed by atoms with Gasteiger partial charge in [0.1, 0.15) is 0 Å². The number of hydrogen-bond donors (Lipinski definition) is 0. The highest BCUT2D eigenvalue weighted by Crippen LogP contribution is 2.54. The average molecular weight is 252 g/mol. The Labute approximate surface area is 117 Å². The van der Waals surface area contributed by atoms with Gasteiger partial charge in [-0.3, -0.25) is 0 Å². The molecule has 1 aliphatic carbocycles. The van der Waals surface area contributed by atoms with E-state index in [-0.39, 0.29) is 10.8 Å². The predicted octanol–water partition coefficient (Wildman–Crippen LogP) is 5.35. The van der Waals surface area contributed by atoms with E-state index in [1.165, 1.54) is 22.3 Å². The minimum atomic E-state index is 0.0441. The Morgan fingerprint density at radius 2 is 1.47 bits per heavy atom. The van der Waals surface area contributed by atoms with Gasteiger partial charge < -0.3 is 0 Å². The maximum atomic E-state index is 4.04. The molecule has 0 aromatic heterocycles. The van der Waals surface area contributed by atoms with Crippen molar-refractivity contribution >= 4 is 0 Å². The van der Waals surface area contributed by atoms with Crippen molar-refractivity contribution in [1.82, 2.24) is 0 Å². The van der Waals surface area contributed by atoms with Gasteiger partial charge in [-0.05, 0) is 35.5 Å². The maximum absolute atomic E-state index is 4.04. The third-order valence-corrected chi connectivity index (χ3v) is 4.51. The molecule has 1 aromatic carbocycles. The smallest absolute Gasteiger partial charge is 0.0185 e. The first-order chi connectivity index (χ1) is 8.85. The molecule has 0 heterocycles. The number of hydrogen-bond acceptors (Lipinski definition) is 0. The quantitative estimate of drug-likeness (QED) is 0.680. The second kappa shape index (κ2) is 4.52. The van der Waals surface area contributed by atoms with E-state index in [1.54, 1.807) is 0 Å². The standard InChI is InChI=1S/C19H24/c1-7-16-17(8-2)19(6,13-18(16,4)5)15-11-9-14(3)10-12-15/h7-12H,1-2,13H2,3-6H3. The molecule has 0 spiro atoms. The minimum Gasteiger partial charge on any atom is -0.0988 e. The van der Waals surface area contributed by atoms with Crippen molar-refractivity contribution in [3.05, 3.63) is 71.8 Å². The van der Waals surface area contributed by atoms with Crippen LogP contribution in [0.25, 0.3) is 0 Å². The van der Waals surface area contributed by atoms with Crippen LogP contribution in [0.5, 0.6) is 0 Å². The van der Waals surface area contributed by atoms with Crippen LogP contribution in [-0.4, -0.2) is 0 Å². The summed E-state index contributed by atoms with van der Waals surface area (Å²) >= 11 is 0. The summed E-state index contributed by atoms with van der Waals surface area (Å²) in [6.45, 7) is 17.1. The van der Waals surface area contributed by atoms with Crippen molar-refractivity contribution < 1.29 is 0 Å². The van der Waals surface area contributed by atoms with Crippen LogP contribution in [0.4, 0.5) is 0 Å². The highest BCUT2D eigenvalue weighted by atomic mass is 14.5. The van der Waals surface area contributed by atoms with E-state index < -0.39 is 0 Å². The first-order valence-corrected chi connectivity index (χ1v) is 6.92. The summed E-state index contributed by atoms with van der Waals surface area (Å²) in [4.78, 5) is 0. The summed E-state index contributed by atoms with van der Waals surface area (Å²) in [6, 6.07) is 8.89. The molecule has 19 heavy (non-hydrogen) atoms. The molecule has 0 saturated heterocycles. The Balaban J connectivity index is 2.61. The molecule has 0 N–H and O–H groups in total. The zero-order chi connectivity index (χ0) is 14.3. The molecule has 0 nitrogen and oxygen atoms in total. The Hall–Kier alpha value is -1.56. The Kier molecular flexibility index (Phi) is 3.30. The molecule has 0 amide bonds. The summed E-state index contributed by atoms with van der Waals surface area (Å²) in [5.41, 5.74) is 5.55. The van der Waals surface area contributed by atoms with E-state index in [2.05, 4.69) is 65.1 Å². The first kappa shape index (κ1) is 13.9. The Morgan fingerprint density at radius 1 is 0.947 bits per heavy atom. The topological polar surface area (TPSA) is 0 Å². The third-order valence-electron chi connectivity index (χ3n) is 4.51. The zero-order valence-corrected chi connectivity index (χ0v) is 12.6. The van der Waals surface area contributed by atoms with Crippen molar-refractivity contribution in [2.45, 2.75) is 39.5 Å². The molecule has 0 aliphatic heterocycles. The van der Waals surface area contributed by atoms with E-state index in [4.69, 9.17) is 0 Å². The number of benzene rings is 1. The molecule has 1 atom stereocenters. The van der Waals surface area contributed by atoms with Crippen LogP contribution < -0.4 is 0 Å². The highest BCUT2D eigenvalue weighted by Gasteiger charge is 2.45. The Morgan fingerprint density at radius 3 is 1.95 bits per heavy atom. The van der Waals surface area contributed by atoms with Crippen molar-refractivity contribution in [1.29, 1.82) is 0 Å². The SMILES string of the molecule is C=CC1=C(C=C)C(C)(c2ccc(C)cc2)CC1(C)C. The van der Waals surface area contributed by atoms with Gasteiger partial charge in [0.2, 0.25) is 0 Å². The van der Waals surface area contributed by atoms with Crippen LogP contribution in [0.1, 0.15) is 38.3 Å². The van der Waals surface area contributed by atoms with Crippen LogP contribution in [0.3, 0.4) is 0 Å². The lowest BCUT2D eigenvalue weighted by atomic mass is 9.73. The van der Waals surface area contributed by atoms with Crippen molar-refractivity contribution in [2.24, 2.45) is 5.41 Å². The lowest BCUT2D eigenvalue weighted by Crippen LogP contribution is -2.23. The van der Waals surface area contributed by atoms with Gasteiger partial charge in [0, 0.05) is 5.41 Å². The van der Waals surface area contributed by atoms with Crippen LogP contribution >= 0.6 is 0 Å². The molecule has 0 heteroatoms. The lowest BCUT2D eigenvalue weighted by molar-refractivity contribution is 0.373. The van der Waals surface area contributed by atoms with Gasteiger partial charge in [0.25, 0.3) is 0 Å². The minimum absolute atomic E-state index is 0.0441. The lowest BCUT2D eigenvalue weighted by Gasteiger charge is -2.30. The van der Waals surface area contributed by atoms with Crippen LogP contribution in [0.15, 0.2) is 60.7 Å². The van der Waals surface area contributed by atoms with E-state index in [0.29, 0.717) is 0 Å². The molecule has 1 aromatic rings. The highest BCUT2D eigenvalue weighted by molar-refractivity contribution is 5.53. The largest absolute Gasteiger partial charge is 0.0988 e. The van der Waals surface area contributed by atoms with E-state index in [0.717, 1.165) is 6.42 Å². The molecule has 0 saturated carbocycles. The fourth-order valence-electron chi connectivity index (χ4n) is 3.64.